The molecule has 3 nitrogen and oxygen atoms in total. The van der Waals surface area contributed by atoms with Gasteiger partial charge >= 0.3 is 0 Å². The molecule has 4 heteroatoms. The third-order valence-electron chi connectivity index (χ3n) is 2.89. The first-order chi connectivity index (χ1) is 8.61. The minimum Gasteiger partial charge on any atom is -0.507 e. The van der Waals surface area contributed by atoms with Crippen LogP contribution in [0.25, 0.3) is 0 Å². The number of amides is 1. The number of hydrogen-bond donors (Lipinski definition) is 1. The van der Waals surface area contributed by atoms with E-state index >= 15 is 0 Å². The molecule has 0 radical (unpaired) electrons. The van der Waals surface area contributed by atoms with Crippen LogP contribution >= 0.6 is 15.9 Å². The van der Waals surface area contributed by atoms with Crippen LogP contribution < -0.4 is 0 Å². The molecule has 0 aliphatic heterocycles. The molecule has 1 aromatic rings. The summed E-state index contributed by atoms with van der Waals surface area (Å²) in [6.07, 6.45) is 2.02. The van der Waals surface area contributed by atoms with Gasteiger partial charge in [-0.05, 0) is 25.0 Å². The molecule has 0 aliphatic rings. The van der Waals surface area contributed by atoms with Crippen LogP contribution in [0.4, 0.5) is 0 Å². The molecule has 0 heterocycles. The Balaban J connectivity index is 2.90. The number of carbonyl (C=O) groups excluding carboxylic acids is 1. The van der Waals surface area contributed by atoms with Gasteiger partial charge in [-0.1, -0.05) is 41.4 Å². The molecule has 0 saturated carbocycles. The molecule has 100 valence electrons. The smallest absolute Gasteiger partial charge is 0.257 e. The summed E-state index contributed by atoms with van der Waals surface area (Å²) in [4.78, 5) is 14.1. The second kappa shape index (κ2) is 7.41. The van der Waals surface area contributed by atoms with Crippen molar-refractivity contribution in [3.8, 4) is 5.75 Å². The van der Waals surface area contributed by atoms with Crippen LogP contribution in [0, 0.1) is 6.92 Å². The van der Waals surface area contributed by atoms with Crippen LogP contribution in [0.15, 0.2) is 18.2 Å². The predicted molar refractivity (Wildman–Crippen MR) is 77.4 cm³/mol. The Hall–Kier alpha value is -1.03. The first-order valence-electron chi connectivity index (χ1n) is 6.25. The number of hydrogen-bond acceptors (Lipinski definition) is 2. The Morgan fingerprint density at radius 2 is 2.11 bits per heavy atom. The molecule has 0 spiro atoms. The number of nitrogens with zero attached hydrogens (tertiary/aromatic N) is 1. The van der Waals surface area contributed by atoms with E-state index in [1.807, 2.05) is 0 Å². The van der Waals surface area contributed by atoms with Gasteiger partial charge in [0, 0.05) is 18.4 Å². The highest BCUT2D eigenvalue weighted by atomic mass is 79.9. The summed E-state index contributed by atoms with van der Waals surface area (Å²) in [5, 5.41) is 10.7. The highest BCUT2D eigenvalue weighted by Gasteiger charge is 2.18. The zero-order valence-corrected chi connectivity index (χ0v) is 12.5. The normalized spacial score (nSPS) is 10.4. The van der Waals surface area contributed by atoms with Gasteiger partial charge in [0.25, 0.3) is 5.91 Å². The van der Waals surface area contributed by atoms with Crippen molar-refractivity contribution in [2.45, 2.75) is 26.7 Å². The number of aromatic hydroxyl groups is 1. The van der Waals surface area contributed by atoms with Crippen molar-refractivity contribution in [3.05, 3.63) is 29.3 Å². The van der Waals surface area contributed by atoms with Crippen molar-refractivity contribution in [2.75, 3.05) is 18.4 Å². The lowest BCUT2D eigenvalue weighted by Crippen LogP contribution is -2.33. The second-order valence-corrected chi connectivity index (χ2v) is 5.10. The summed E-state index contributed by atoms with van der Waals surface area (Å²) < 4.78 is 0. The molecular weight excluding hydrogens is 294 g/mol. The second-order valence-electron chi connectivity index (χ2n) is 4.31. The molecule has 1 aromatic carbocycles. The zero-order chi connectivity index (χ0) is 13.5. The molecule has 1 amide bonds. The lowest BCUT2D eigenvalue weighted by molar-refractivity contribution is 0.0761. The SMILES string of the molecule is CCCCN(CCBr)C(=O)c1cccc(C)c1O. The highest BCUT2D eigenvalue weighted by molar-refractivity contribution is 9.09. The van der Waals surface area contributed by atoms with Crippen molar-refractivity contribution >= 4 is 21.8 Å². The number of alkyl halides is 1. The van der Waals surface area contributed by atoms with E-state index in [1.165, 1.54) is 0 Å². The van der Waals surface area contributed by atoms with E-state index in [0.29, 0.717) is 12.1 Å². The van der Waals surface area contributed by atoms with Crippen molar-refractivity contribution in [2.24, 2.45) is 0 Å². The Bertz CT molecular complexity index is 407. The maximum Gasteiger partial charge on any atom is 0.257 e. The number of phenols is 1. The minimum atomic E-state index is -0.0934. The summed E-state index contributed by atoms with van der Waals surface area (Å²) >= 11 is 3.36. The van der Waals surface area contributed by atoms with E-state index in [9.17, 15) is 9.90 Å². The highest BCUT2D eigenvalue weighted by Crippen LogP contribution is 2.23. The van der Waals surface area contributed by atoms with Gasteiger partial charge in [-0.3, -0.25) is 4.79 Å². The molecule has 0 fully saturated rings. The average molecular weight is 314 g/mol. The first kappa shape index (κ1) is 15.0. The molecule has 1 rings (SSSR count). The van der Waals surface area contributed by atoms with Gasteiger partial charge in [0.1, 0.15) is 5.75 Å². The molecular formula is C14H20BrNO2. The van der Waals surface area contributed by atoms with Crippen LogP contribution in [0.2, 0.25) is 0 Å². The maximum atomic E-state index is 12.4. The van der Waals surface area contributed by atoms with Crippen LogP contribution in [-0.2, 0) is 0 Å². The molecule has 0 atom stereocenters. The number of para-hydroxylation sites is 1. The van der Waals surface area contributed by atoms with Gasteiger partial charge in [-0.25, -0.2) is 0 Å². The van der Waals surface area contributed by atoms with Gasteiger partial charge in [0.05, 0.1) is 5.56 Å². The Morgan fingerprint density at radius 3 is 2.72 bits per heavy atom. The van der Waals surface area contributed by atoms with E-state index in [1.54, 1.807) is 30.0 Å². The molecule has 0 aliphatic carbocycles. The van der Waals surface area contributed by atoms with Crippen LogP contribution in [0.3, 0.4) is 0 Å². The monoisotopic (exact) mass is 313 g/mol. The summed E-state index contributed by atoms with van der Waals surface area (Å²) in [6, 6.07) is 5.28. The quantitative estimate of drug-likeness (QED) is 0.818. The number of carbonyl (C=O) groups is 1. The molecule has 0 saturated heterocycles. The van der Waals surface area contributed by atoms with Crippen LogP contribution in [0.1, 0.15) is 35.7 Å². The minimum absolute atomic E-state index is 0.0934. The number of phenolic OH excluding ortho intramolecular Hbond substituents is 1. The molecule has 0 aromatic heterocycles. The maximum absolute atomic E-state index is 12.4. The summed E-state index contributed by atoms with van der Waals surface area (Å²) in [5.74, 6) is 0.00247. The van der Waals surface area contributed by atoms with Gasteiger partial charge in [0.15, 0.2) is 0 Å². The van der Waals surface area contributed by atoms with Crippen LogP contribution in [-0.4, -0.2) is 34.3 Å². The van der Waals surface area contributed by atoms with Gasteiger partial charge in [0.2, 0.25) is 0 Å². The van der Waals surface area contributed by atoms with Crippen molar-refractivity contribution < 1.29 is 9.90 Å². The zero-order valence-electron chi connectivity index (χ0n) is 10.9. The van der Waals surface area contributed by atoms with Gasteiger partial charge in [-0.15, -0.1) is 0 Å². The average Bonchev–Trinajstić information content (AvgIpc) is 2.37. The van der Waals surface area contributed by atoms with E-state index in [2.05, 4.69) is 22.9 Å². The molecule has 0 bridgehead atoms. The largest absolute Gasteiger partial charge is 0.507 e. The fourth-order valence-corrected chi connectivity index (χ4v) is 2.20. The predicted octanol–water partition coefficient (Wildman–Crippen LogP) is 3.34. The summed E-state index contributed by atoms with van der Waals surface area (Å²) in [5.41, 5.74) is 1.13. The van der Waals surface area contributed by atoms with Crippen molar-refractivity contribution in [3.63, 3.8) is 0 Å². The third-order valence-corrected chi connectivity index (χ3v) is 3.25. The Labute approximate surface area is 117 Å². The summed E-state index contributed by atoms with van der Waals surface area (Å²) in [7, 11) is 0. The number of benzene rings is 1. The van der Waals surface area contributed by atoms with Gasteiger partial charge in [-0.2, -0.15) is 0 Å². The number of rotatable bonds is 6. The standard InChI is InChI=1S/C14H20BrNO2/c1-3-4-9-16(10-8-15)14(18)12-7-5-6-11(2)13(12)17/h5-7,17H,3-4,8-10H2,1-2H3. The topological polar surface area (TPSA) is 40.5 Å². The first-order valence-corrected chi connectivity index (χ1v) is 7.37. The van der Waals surface area contributed by atoms with Crippen molar-refractivity contribution in [1.29, 1.82) is 0 Å². The molecule has 0 unspecified atom stereocenters. The fourth-order valence-electron chi connectivity index (χ4n) is 1.77. The number of unbranched alkanes of at least 4 members (excludes halogenated alkanes) is 1. The lowest BCUT2D eigenvalue weighted by Gasteiger charge is -2.22. The lowest BCUT2D eigenvalue weighted by atomic mass is 10.1. The van der Waals surface area contributed by atoms with E-state index in [0.717, 1.165) is 30.3 Å². The Morgan fingerprint density at radius 1 is 1.39 bits per heavy atom. The fraction of sp³-hybridized carbons (Fsp3) is 0.500. The van der Waals surface area contributed by atoms with E-state index in [4.69, 9.17) is 0 Å². The van der Waals surface area contributed by atoms with E-state index in [-0.39, 0.29) is 11.7 Å². The van der Waals surface area contributed by atoms with Crippen molar-refractivity contribution in [1.82, 2.24) is 4.90 Å². The van der Waals surface area contributed by atoms with Crippen LogP contribution in [0.5, 0.6) is 5.75 Å². The molecule has 1 N–H and O–H groups in total. The molecule has 18 heavy (non-hydrogen) atoms. The number of halogens is 1. The van der Waals surface area contributed by atoms with Gasteiger partial charge < -0.3 is 10.0 Å². The third kappa shape index (κ3) is 3.73. The van der Waals surface area contributed by atoms with E-state index < -0.39 is 0 Å². The Kier molecular flexibility index (Phi) is 6.19. The summed E-state index contributed by atoms with van der Waals surface area (Å²) in [6.45, 7) is 5.29. The number of aryl methyl sites for hydroxylation is 1.